The predicted octanol–water partition coefficient (Wildman–Crippen LogP) is 6.17. The Morgan fingerprint density at radius 2 is 1.95 bits per heavy atom. The lowest BCUT2D eigenvalue weighted by Gasteiger charge is -2.39. The van der Waals surface area contributed by atoms with Gasteiger partial charge in [0.15, 0.2) is 0 Å². The average Bonchev–Trinajstić information content (AvgIpc) is 2.52. The Morgan fingerprint density at radius 3 is 2.48 bits per heavy atom. The molecule has 112 valence electrons. The second-order valence-electron chi connectivity index (χ2n) is 6.07. The minimum absolute atomic E-state index is 0.207. The molecule has 1 heteroatoms. The van der Waals surface area contributed by atoms with Gasteiger partial charge in [-0.05, 0) is 41.4 Å². The van der Waals surface area contributed by atoms with Crippen LogP contribution in [0.1, 0.15) is 51.2 Å². The normalized spacial score (nSPS) is 27.5. The van der Waals surface area contributed by atoms with Crippen molar-refractivity contribution in [3.63, 3.8) is 0 Å². The van der Waals surface area contributed by atoms with Crippen molar-refractivity contribution in [1.29, 1.82) is 0 Å². The Kier molecular flexibility index (Phi) is 5.16. The first-order valence-electron chi connectivity index (χ1n) is 7.87. The van der Waals surface area contributed by atoms with Crippen LogP contribution in [0.2, 0.25) is 0 Å². The van der Waals surface area contributed by atoms with Crippen molar-refractivity contribution in [2.24, 2.45) is 5.41 Å². The highest BCUT2D eigenvalue weighted by Crippen LogP contribution is 2.47. The van der Waals surface area contributed by atoms with Crippen molar-refractivity contribution in [2.45, 2.75) is 45.3 Å². The van der Waals surface area contributed by atoms with Crippen LogP contribution in [0.15, 0.2) is 48.6 Å². The van der Waals surface area contributed by atoms with E-state index in [0.717, 1.165) is 24.8 Å². The van der Waals surface area contributed by atoms with Gasteiger partial charge in [0, 0.05) is 5.25 Å². The summed E-state index contributed by atoms with van der Waals surface area (Å²) in [4.78, 5) is 0. The molecule has 0 saturated carbocycles. The molecule has 0 heterocycles. The van der Waals surface area contributed by atoms with Crippen LogP contribution in [0.3, 0.4) is 0 Å². The Labute approximate surface area is 135 Å². The van der Waals surface area contributed by atoms with Crippen molar-refractivity contribution < 1.29 is 0 Å². The van der Waals surface area contributed by atoms with E-state index in [0.29, 0.717) is 0 Å². The van der Waals surface area contributed by atoms with Crippen LogP contribution in [-0.2, 0) is 0 Å². The molecule has 1 aromatic carbocycles. The molecule has 0 amide bonds. The van der Waals surface area contributed by atoms with Gasteiger partial charge in [-0.3, -0.25) is 0 Å². The molecule has 2 unspecified atom stereocenters. The quantitative estimate of drug-likeness (QED) is 0.499. The summed E-state index contributed by atoms with van der Waals surface area (Å²) in [5, 5.41) is 0.207. The molecule has 0 spiro atoms. The Balaban J connectivity index is 2.41. The summed E-state index contributed by atoms with van der Waals surface area (Å²) in [5.41, 5.74) is 5.53. The lowest BCUT2D eigenvalue weighted by Crippen LogP contribution is -2.28. The zero-order chi connectivity index (χ0) is 15.5. The van der Waals surface area contributed by atoms with Crippen LogP contribution in [0.5, 0.6) is 0 Å². The van der Waals surface area contributed by atoms with E-state index < -0.39 is 0 Å². The SMILES string of the molecule is C=Cc1ccc(C2=CCC(C)(CC)/C(=C\CC)C2S)cc1. The third-order valence-corrected chi connectivity index (χ3v) is 5.30. The predicted molar refractivity (Wildman–Crippen MR) is 98.7 cm³/mol. The molecule has 0 aliphatic heterocycles. The third kappa shape index (κ3) is 3.18. The van der Waals surface area contributed by atoms with Crippen LogP contribution in [0, 0.1) is 5.41 Å². The van der Waals surface area contributed by atoms with Crippen LogP contribution in [-0.4, -0.2) is 5.25 Å². The van der Waals surface area contributed by atoms with E-state index >= 15 is 0 Å². The summed E-state index contributed by atoms with van der Waals surface area (Å²) in [7, 11) is 0. The van der Waals surface area contributed by atoms with Crippen LogP contribution < -0.4 is 0 Å². The van der Waals surface area contributed by atoms with Gasteiger partial charge in [0.2, 0.25) is 0 Å². The molecule has 2 atom stereocenters. The van der Waals surface area contributed by atoms with Gasteiger partial charge in [0.25, 0.3) is 0 Å². The Bertz CT molecular complexity index is 562. The van der Waals surface area contributed by atoms with Crippen LogP contribution in [0.25, 0.3) is 11.6 Å². The van der Waals surface area contributed by atoms with Gasteiger partial charge in [-0.2, -0.15) is 12.6 Å². The van der Waals surface area contributed by atoms with Gasteiger partial charge < -0.3 is 0 Å². The zero-order valence-corrected chi connectivity index (χ0v) is 14.3. The average molecular weight is 298 g/mol. The summed E-state index contributed by atoms with van der Waals surface area (Å²) in [5.74, 6) is 0. The maximum atomic E-state index is 4.96. The third-order valence-electron chi connectivity index (χ3n) is 4.74. The number of allylic oxidation sites excluding steroid dienone is 2. The van der Waals surface area contributed by atoms with Gasteiger partial charge in [0.05, 0.1) is 0 Å². The number of hydrogen-bond donors (Lipinski definition) is 1. The van der Waals surface area contributed by atoms with Crippen molar-refractivity contribution in [2.75, 3.05) is 0 Å². The Hall–Kier alpha value is -1.21. The standard InChI is InChI=1S/C20H26S/c1-5-8-18-19(21)17(13-14-20(18,4)7-3)16-11-9-15(6-2)10-12-16/h6,8-13,19,21H,2,5,7,14H2,1,3-4H3/b18-8-. The van der Waals surface area contributed by atoms with Crippen molar-refractivity contribution in [3.8, 4) is 0 Å². The fraction of sp³-hybridized carbons (Fsp3) is 0.400. The molecule has 0 N–H and O–H groups in total. The summed E-state index contributed by atoms with van der Waals surface area (Å²) >= 11 is 4.96. The molecule has 1 aliphatic rings. The molecule has 1 aliphatic carbocycles. The highest BCUT2D eigenvalue weighted by molar-refractivity contribution is 7.81. The largest absolute Gasteiger partial charge is 0.167 e. The highest BCUT2D eigenvalue weighted by atomic mass is 32.1. The lowest BCUT2D eigenvalue weighted by atomic mass is 9.69. The van der Waals surface area contributed by atoms with Gasteiger partial charge in [-0.25, -0.2) is 0 Å². The summed E-state index contributed by atoms with van der Waals surface area (Å²) in [6, 6.07) is 8.62. The van der Waals surface area contributed by atoms with E-state index in [4.69, 9.17) is 12.6 Å². The van der Waals surface area contributed by atoms with Crippen LogP contribution >= 0.6 is 12.6 Å². The van der Waals surface area contributed by atoms with Gasteiger partial charge in [-0.15, -0.1) is 0 Å². The fourth-order valence-corrected chi connectivity index (χ4v) is 3.75. The highest BCUT2D eigenvalue weighted by Gasteiger charge is 2.35. The fourth-order valence-electron chi connectivity index (χ4n) is 3.08. The molecular weight excluding hydrogens is 272 g/mol. The molecule has 1 aromatic rings. The van der Waals surface area contributed by atoms with E-state index in [-0.39, 0.29) is 10.7 Å². The second-order valence-corrected chi connectivity index (χ2v) is 6.59. The summed E-state index contributed by atoms with van der Waals surface area (Å²) in [6.45, 7) is 10.7. The summed E-state index contributed by atoms with van der Waals surface area (Å²) < 4.78 is 0. The van der Waals surface area contributed by atoms with Crippen molar-refractivity contribution >= 4 is 24.3 Å². The Morgan fingerprint density at radius 1 is 1.29 bits per heavy atom. The maximum absolute atomic E-state index is 4.96. The van der Waals surface area contributed by atoms with E-state index in [1.54, 1.807) is 0 Å². The van der Waals surface area contributed by atoms with Gasteiger partial charge >= 0.3 is 0 Å². The van der Waals surface area contributed by atoms with E-state index in [2.05, 4.69) is 63.8 Å². The first-order valence-corrected chi connectivity index (χ1v) is 8.39. The molecule has 0 nitrogen and oxygen atoms in total. The molecule has 0 saturated heterocycles. The molecule has 0 bridgehead atoms. The topological polar surface area (TPSA) is 0 Å². The zero-order valence-electron chi connectivity index (χ0n) is 13.4. The van der Waals surface area contributed by atoms with Crippen molar-refractivity contribution in [3.05, 3.63) is 59.7 Å². The number of benzene rings is 1. The minimum atomic E-state index is 0.207. The van der Waals surface area contributed by atoms with E-state index in [1.807, 2.05) is 6.08 Å². The lowest BCUT2D eigenvalue weighted by molar-refractivity contribution is 0.375. The first kappa shape index (κ1) is 16.2. The second kappa shape index (κ2) is 6.70. The van der Waals surface area contributed by atoms with Crippen molar-refractivity contribution in [1.82, 2.24) is 0 Å². The van der Waals surface area contributed by atoms with E-state index in [1.165, 1.54) is 16.7 Å². The molecule has 0 aromatic heterocycles. The number of hydrogen-bond acceptors (Lipinski definition) is 1. The monoisotopic (exact) mass is 298 g/mol. The maximum Gasteiger partial charge on any atom is 0.0484 e. The smallest absolute Gasteiger partial charge is 0.0484 e. The summed E-state index contributed by atoms with van der Waals surface area (Å²) in [6.07, 6.45) is 9.99. The van der Waals surface area contributed by atoms with Gasteiger partial charge in [-0.1, -0.05) is 75.4 Å². The van der Waals surface area contributed by atoms with Crippen LogP contribution in [0.4, 0.5) is 0 Å². The molecular formula is C20H26S. The number of thiol groups is 1. The molecule has 2 rings (SSSR count). The molecule has 0 fully saturated rings. The minimum Gasteiger partial charge on any atom is -0.167 e. The first-order chi connectivity index (χ1) is 10.1. The molecule has 0 radical (unpaired) electrons. The number of rotatable bonds is 4. The van der Waals surface area contributed by atoms with Gasteiger partial charge in [0.1, 0.15) is 0 Å². The molecule has 21 heavy (non-hydrogen) atoms. The van der Waals surface area contributed by atoms with E-state index in [9.17, 15) is 0 Å².